The Morgan fingerprint density at radius 1 is 0.390 bits per heavy atom. The average molecular weight is 1120 g/mol. The van der Waals surface area contributed by atoms with Gasteiger partial charge in [-0.25, -0.2) is 0 Å². The first kappa shape index (κ1) is 67.6. The minimum atomic E-state index is 0. The number of phenols is 6. The zero-order chi connectivity index (χ0) is 56.7. The summed E-state index contributed by atoms with van der Waals surface area (Å²) in [5.41, 5.74) is 14.5. The summed E-state index contributed by atoms with van der Waals surface area (Å²) < 4.78 is 10.0. The van der Waals surface area contributed by atoms with Gasteiger partial charge in [-0.2, -0.15) is 6.92 Å². The maximum absolute atomic E-state index is 10.2. The molecule has 0 fully saturated rings. The van der Waals surface area contributed by atoms with E-state index < -0.39 is 0 Å². The van der Waals surface area contributed by atoms with Crippen LogP contribution in [0.3, 0.4) is 0 Å². The van der Waals surface area contributed by atoms with E-state index >= 15 is 0 Å². The van der Waals surface area contributed by atoms with Gasteiger partial charge in [-0.3, -0.25) is 6.29 Å². The fourth-order valence-corrected chi connectivity index (χ4v) is 7.36. The normalized spacial score (nSPS) is 9.56. The topological polar surface area (TPSA) is 174 Å². The molecule has 0 aliphatic carbocycles. The van der Waals surface area contributed by atoms with Crippen molar-refractivity contribution in [3.8, 4) is 46.0 Å². The molecule has 0 saturated carbocycles. The molecule has 0 aliphatic heterocycles. The second-order valence-corrected chi connectivity index (χ2v) is 18.1. The molecule has 10 nitrogen and oxygen atoms in total. The third-order valence-electron chi connectivity index (χ3n) is 11.3. The molecule has 0 bridgehead atoms. The standard InChI is InChI=1S/C17H17O3.C16H18O2.C15H16O2.C7H8O.C6H6O.C3H8.C2H3O.Y/c1-12-8-14(4-6-16(12)19-3)10-15-5-7-17(20-11-18)13(2)9-15;1-10-6-13(4-5-15(10)17)9-14-7-11(2)16(18)12(3)8-14;1-10-7-12(3-5-14(10)16)9-13-4-6-15(17)11(2)8-13;1-6-4-2-3-5-7(6)8;7-6-4-2-1-3-5-6;1-3-2;1-2-3;/h4-9H,10H2,1-3H3;4-8,17-18H,9H2,1-3H3;3-8,16-17H,9H2,1-2H3;2-5,8H,1H3;1-5,7H;3H2,1-2H3;1H3;/q-1;;;;;;-1;. The van der Waals surface area contributed by atoms with Crippen molar-refractivity contribution in [1.29, 1.82) is 0 Å². The van der Waals surface area contributed by atoms with E-state index in [0.29, 0.717) is 40.2 Å². The molecule has 0 amide bonds. The first-order valence-electron chi connectivity index (χ1n) is 24.9. The summed E-state index contributed by atoms with van der Waals surface area (Å²) in [5, 5.41) is 55.7. The van der Waals surface area contributed by atoms with Crippen molar-refractivity contribution in [3.63, 3.8) is 0 Å². The van der Waals surface area contributed by atoms with Gasteiger partial charge in [-0.05, 0) is 188 Å². The van der Waals surface area contributed by atoms with Crippen LogP contribution in [-0.2, 0) is 61.6 Å². The molecular formula is C66H76O10Y-2. The zero-order valence-corrected chi connectivity index (χ0v) is 49.6. The van der Waals surface area contributed by atoms with Crippen LogP contribution >= 0.6 is 0 Å². The number of aryl methyl sites for hydroxylation is 8. The second kappa shape index (κ2) is 36.6. The number of carbonyl (C=O) groups excluding carboxylic acids is 2. The van der Waals surface area contributed by atoms with Crippen molar-refractivity contribution in [3.05, 3.63) is 236 Å². The molecule has 0 aliphatic rings. The van der Waals surface area contributed by atoms with Crippen LogP contribution in [0.25, 0.3) is 0 Å². The van der Waals surface area contributed by atoms with E-state index in [1.807, 2.05) is 146 Å². The molecule has 0 aromatic heterocycles. The van der Waals surface area contributed by atoms with Crippen molar-refractivity contribution in [1.82, 2.24) is 0 Å². The van der Waals surface area contributed by atoms with Crippen molar-refractivity contribution in [2.24, 2.45) is 0 Å². The summed E-state index contributed by atoms with van der Waals surface area (Å²) in [6.07, 6.45) is 5.20. The number of rotatable bonds is 9. The Labute approximate surface area is 482 Å². The first-order chi connectivity index (χ1) is 36.2. The van der Waals surface area contributed by atoms with Crippen LogP contribution in [-0.4, -0.2) is 50.5 Å². The fourth-order valence-electron chi connectivity index (χ4n) is 7.36. The summed E-state index contributed by atoms with van der Waals surface area (Å²) in [6, 6.07) is 48.8. The molecule has 1 radical (unpaired) electrons. The maximum Gasteiger partial charge on any atom is 0.170 e. The number of aromatic hydroxyl groups is 6. The van der Waals surface area contributed by atoms with E-state index in [2.05, 4.69) is 26.0 Å². The van der Waals surface area contributed by atoms with Crippen molar-refractivity contribution in [2.45, 2.75) is 102 Å². The Hall–Kier alpha value is -7.40. The van der Waals surface area contributed by atoms with E-state index in [9.17, 15) is 25.2 Å². The molecule has 77 heavy (non-hydrogen) atoms. The molecule has 0 heterocycles. The molecular weight excluding hydrogens is 1040 g/mol. The molecule has 0 spiro atoms. The van der Waals surface area contributed by atoms with E-state index in [4.69, 9.17) is 24.5 Å². The van der Waals surface area contributed by atoms with Gasteiger partial charge in [0, 0.05) is 32.7 Å². The molecule has 405 valence electrons. The largest absolute Gasteiger partial charge is 0.610 e. The predicted octanol–water partition coefficient (Wildman–Crippen LogP) is 14.9. The third kappa shape index (κ3) is 25.3. The van der Waals surface area contributed by atoms with Crippen LogP contribution in [0.4, 0.5) is 0 Å². The Balaban J connectivity index is 0.000000485. The number of hydrogen-bond acceptors (Lipinski definition) is 10. The van der Waals surface area contributed by atoms with E-state index in [-0.39, 0.29) is 32.7 Å². The first-order valence-corrected chi connectivity index (χ1v) is 24.9. The number of methoxy groups -OCH3 is 1. The van der Waals surface area contributed by atoms with Crippen LogP contribution in [0, 0.1) is 55.4 Å². The summed E-state index contributed by atoms with van der Waals surface area (Å²) >= 11 is 0. The number of para-hydroxylation sites is 2. The number of phenolic OH excluding ortho intramolecular Hbond substituents is 6. The Bertz CT molecular complexity index is 2930. The Morgan fingerprint density at radius 3 is 1.00 bits per heavy atom. The van der Waals surface area contributed by atoms with Gasteiger partial charge in [0.05, 0.1) is 7.11 Å². The van der Waals surface area contributed by atoms with Crippen molar-refractivity contribution < 1.29 is 82.4 Å². The van der Waals surface area contributed by atoms with Gasteiger partial charge >= 0.3 is 0 Å². The smallest absolute Gasteiger partial charge is 0.170 e. The molecule has 0 unspecified atom stereocenters. The molecule has 11 heteroatoms. The number of ether oxygens (including phenoxy) is 2. The van der Waals surface area contributed by atoms with E-state index in [1.165, 1.54) is 42.8 Å². The monoisotopic (exact) mass is 1120 g/mol. The van der Waals surface area contributed by atoms with Gasteiger partial charge < -0.3 is 49.7 Å². The molecule has 6 N–H and O–H groups in total. The maximum atomic E-state index is 10.2. The van der Waals surface area contributed by atoms with E-state index in [1.54, 1.807) is 61.7 Å². The fraction of sp³-hybridized carbons (Fsp3) is 0.242. The van der Waals surface area contributed by atoms with Gasteiger partial charge in [0.25, 0.3) is 0 Å². The van der Waals surface area contributed by atoms with E-state index in [0.717, 1.165) is 86.2 Å². The minimum Gasteiger partial charge on any atom is -0.610 e. The molecule has 8 rings (SSSR count). The van der Waals surface area contributed by atoms with Crippen LogP contribution in [0.1, 0.15) is 105 Å². The zero-order valence-electron chi connectivity index (χ0n) is 46.7. The van der Waals surface area contributed by atoms with Gasteiger partial charge in [-0.15, -0.1) is 6.07 Å². The molecule has 0 saturated heterocycles. The van der Waals surface area contributed by atoms with Gasteiger partial charge in [0.1, 0.15) is 40.2 Å². The van der Waals surface area contributed by atoms with Crippen LogP contribution in [0.5, 0.6) is 46.0 Å². The van der Waals surface area contributed by atoms with Crippen molar-refractivity contribution in [2.75, 3.05) is 7.11 Å². The minimum absolute atomic E-state index is 0. The van der Waals surface area contributed by atoms with Crippen LogP contribution in [0.15, 0.2) is 158 Å². The number of benzene rings is 8. The molecule has 8 aromatic rings. The number of hydrogen-bond donors (Lipinski definition) is 6. The quantitative estimate of drug-likeness (QED) is 0.0764. The van der Waals surface area contributed by atoms with Crippen LogP contribution in [0.2, 0.25) is 0 Å². The van der Waals surface area contributed by atoms with Crippen LogP contribution < -0.4 is 9.47 Å². The SMILES string of the molecule is CCC.COc1ccc(Cc2ccc(O[C-]=O)c(C)c2)cc1C.C[C-]=O.Cc1cc(Cc2cc(C)c(O)c(C)c2)ccc1O.Cc1cc(Cc2ccc(O)c(C)c2)ccc1O.Cc1ccccc1O.Oc1ccccc1.[Y]. The van der Waals surface area contributed by atoms with Gasteiger partial charge in [-0.1, -0.05) is 142 Å². The third-order valence-corrected chi connectivity index (χ3v) is 11.3. The van der Waals surface area contributed by atoms with Gasteiger partial charge in [0.15, 0.2) is 6.47 Å². The predicted molar refractivity (Wildman–Crippen MR) is 308 cm³/mol. The Morgan fingerprint density at radius 2 is 0.701 bits per heavy atom. The summed E-state index contributed by atoms with van der Waals surface area (Å²) in [7, 11) is 1.67. The molecule has 0 atom stereocenters. The summed E-state index contributed by atoms with van der Waals surface area (Å²) in [4.78, 5) is 18.9. The summed E-state index contributed by atoms with van der Waals surface area (Å²) in [5.74, 6) is 3.50. The van der Waals surface area contributed by atoms with Gasteiger partial charge in [0.2, 0.25) is 0 Å². The Kier molecular flexibility index (Phi) is 32.1. The average Bonchev–Trinajstić information content (AvgIpc) is 3.38. The second-order valence-electron chi connectivity index (χ2n) is 18.1. The molecule has 8 aromatic carbocycles. The van der Waals surface area contributed by atoms with Crippen molar-refractivity contribution >= 4 is 12.8 Å². The summed E-state index contributed by atoms with van der Waals surface area (Å²) in [6.45, 7) is 22.3.